The molecule has 1 heterocycles. The molecule has 6 heteroatoms. The molecule has 110 valence electrons. The smallest absolute Gasteiger partial charge is 0.413 e. The number of rotatable bonds is 3. The van der Waals surface area contributed by atoms with E-state index in [2.05, 4.69) is 0 Å². The Labute approximate surface area is 114 Å². The summed E-state index contributed by atoms with van der Waals surface area (Å²) in [5.41, 5.74) is -0.614. The largest absolute Gasteiger partial charge is 0.464 e. The van der Waals surface area contributed by atoms with Gasteiger partial charge in [0, 0.05) is 7.11 Å². The van der Waals surface area contributed by atoms with Gasteiger partial charge in [0.15, 0.2) is 0 Å². The molecule has 0 aromatic rings. The van der Waals surface area contributed by atoms with E-state index in [1.807, 2.05) is 0 Å². The van der Waals surface area contributed by atoms with Gasteiger partial charge in [-0.05, 0) is 40.5 Å². The molecule has 1 amide bonds. The third-order valence-electron chi connectivity index (χ3n) is 2.77. The first-order valence-electron chi connectivity index (χ1n) is 6.51. The summed E-state index contributed by atoms with van der Waals surface area (Å²) in [6.45, 7) is 7.36. The second kappa shape index (κ2) is 6.23. The van der Waals surface area contributed by atoms with Crippen molar-refractivity contribution in [1.82, 2.24) is 4.90 Å². The van der Waals surface area contributed by atoms with Crippen molar-refractivity contribution >= 4 is 12.1 Å². The third kappa shape index (κ3) is 4.09. The first kappa shape index (κ1) is 15.8. The Balaban J connectivity index is 2.82. The lowest BCUT2D eigenvalue weighted by molar-refractivity contribution is -0.150. The van der Waals surface area contributed by atoms with E-state index < -0.39 is 29.9 Å². The lowest BCUT2D eigenvalue weighted by Gasteiger charge is -2.30. The van der Waals surface area contributed by atoms with Gasteiger partial charge in [-0.2, -0.15) is 0 Å². The highest BCUT2D eigenvalue weighted by molar-refractivity contribution is 5.82. The zero-order valence-electron chi connectivity index (χ0n) is 12.3. The molecule has 0 radical (unpaired) electrons. The molecule has 0 saturated carbocycles. The van der Waals surface area contributed by atoms with Gasteiger partial charge in [-0.1, -0.05) is 0 Å². The van der Waals surface area contributed by atoms with E-state index in [1.54, 1.807) is 27.7 Å². The molecule has 0 spiro atoms. The van der Waals surface area contributed by atoms with Crippen molar-refractivity contribution < 1.29 is 23.8 Å². The van der Waals surface area contributed by atoms with Crippen molar-refractivity contribution in [3.8, 4) is 0 Å². The number of methoxy groups -OCH3 is 1. The molecule has 0 aromatic carbocycles. The van der Waals surface area contributed by atoms with Gasteiger partial charge in [-0.3, -0.25) is 4.90 Å². The van der Waals surface area contributed by atoms with Crippen LogP contribution < -0.4 is 0 Å². The fourth-order valence-corrected chi connectivity index (χ4v) is 2.04. The highest BCUT2D eigenvalue weighted by Gasteiger charge is 2.43. The van der Waals surface area contributed by atoms with Crippen molar-refractivity contribution in [2.24, 2.45) is 0 Å². The Morgan fingerprint density at radius 2 is 1.89 bits per heavy atom. The topological polar surface area (TPSA) is 65.1 Å². The fraction of sp³-hybridized carbons (Fsp3) is 0.846. The van der Waals surface area contributed by atoms with Gasteiger partial charge < -0.3 is 14.2 Å². The molecule has 0 bridgehead atoms. The summed E-state index contributed by atoms with van der Waals surface area (Å²) in [6.07, 6.45) is 0.134. The van der Waals surface area contributed by atoms with Crippen molar-refractivity contribution in [3.05, 3.63) is 0 Å². The van der Waals surface area contributed by atoms with Crippen LogP contribution in [0.4, 0.5) is 4.79 Å². The average molecular weight is 273 g/mol. The van der Waals surface area contributed by atoms with Crippen LogP contribution in [0.15, 0.2) is 0 Å². The maximum atomic E-state index is 12.2. The molecule has 1 rings (SSSR count). The highest BCUT2D eigenvalue weighted by atomic mass is 16.6. The van der Waals surface area contributed by atoms with Gasteiger partial charge >= 0.3 is 12.1 Å². The van der Waals surface area contributed by atoms with Crippen LogP contribution >= 0.6 is 0 Å². The predicted octanol–water partition coefficient (Wildman–Crippen LogP) is 1.92. The lowest BCUT2D eigenvalue weighted by Crippen LogP contribution is -2.48. The Morgan fingerprint density at radius 3 is 2.37 bits per heavy atom. The third-order valence-corrected chi connectivity index (χ3v) is 2.77. The van der Waals surface area contributed by atoms with Crippen LogP contribution in [0.25, 0.3) is 0 Å². The van der Waals surface area contributed by atoms with Crippen molar-refractivity contribution in [2.45, 2.75) is 58.4 Å². The number of ether oxygens (including phenoxy) is 3. The van der Waals surface area contributed by atoms with E-state index >= 15 is 0 Å². The minimum absolute atomic E-state index is 0.287. The summed E-state index contributed by atoms with van der Waals surface area (Å²) in [5, 5.41) is 0. The molecule has 1 aliphatic heterocycles. The van der Waals surface area contributed by atoms with Crippen molar-refractivity contribution in [2.75, 3.05) is 13.7 Å². The van der Waals surface area contributed by atoms with E-state index in [0.717, 1.165) is 0 Å². The highest BCUT2D eigenvalue weighted by Crippen LogP contribution is 2.27. The number of hydrogen-bond acceptors (Lipinski definition) is 5. The molecule has 0 aliphatic carbocycles. The fourth-order valence-electron chi connectivity index (χ4n) is 2.04. The number of esters is 1. The molecule has 0 unspecified atom stereocenters. The summed E-state index contributed by atoms with van der Waals surface area (Å²) in [7, 11) is 1.51. The number of nitrogens with zero attached hydrogens (tertiary/aromatic N) is 1. The zero-order chi connectivity index (χ0) is 14.6. The van der Waals surface area contributed by atoms with E-state index in [4.69, 9.17) is 14.2 Å². The van der Waals surface area contributed by atoms with Gasteiger partial charge in [0.05, 0.1) is 6.61 Å². The minimum Gasteiger partial charge on any atom is -0.464 e. The first-order chi connectivity index (χ1) is 8.80. The monoisotopic (exact) mass is 273 g/mol. The van der Waals surface area contributed by atoms with E-state index in [0.29, 0.717) is 12.8 Å². The van der Waals surface area contributed by atoms with Gasteiger partial charge in [0.2, 0.25) is 0 Å². The van der Waals surface area contributed by atoms with Crippen LogP contribution in [-0.4, -0.2) is 48.5 Å². The Kier molecular flexibility index (Phi) is 5.17. The van der Waals surface area contributed by atoms with Gasteiger partial charge in [0.1, 0.15) is 17.9 Å². The predicted molar refractivity (Wildman–Crippen MR) is 68.5 cm³/mol. The van der Waals surface area contributed by atoms with Crippen molar-refractivity contribution in [1.29, 1.82) is 0 Å². The lowest BCUT2D eigenvalue weighted by atomic mass is 10.2. The molecule has 1 fully saturated rings. The summed E-state index contributed by atoms with van der Waals surface area (Å²) < 4.78 is 15.5. The number of amides is 1. The van der Waals surface area contributed by atoms with Gasteiger partial charge in [-0.25, -0.2) is 9.59 Å². The minimum atomic E-state index is -0.625. The van der Waals surface area contributed by atoms with Crippen LogP contribution in [-0.2, 0) is 19.0 Å². The summed E-state index contributed by atoms with van der Waals surface area (Å²) in [6, 6.07) is -0.625. The SMILES string of the molecule is CCOC(=O)[C@@H]1CC[C@H](OC)N1C(=O)OC(C)(C)C. The summed E-state index contributed by atoms with van der Waals surface area (Å²) in [5.74, 6) is -0.409. The second-order valence-corrected chi connectivity index (χ2v) is 5.42. The molecule has 6 nitrogen and oxygen atoms in total. The number of likely N-dealkylation sites (tertiary alicyclic amines) is 1. The van der Waals surface area contributed by atoms with Crippen LogP contribution in [0.3, 0.4) is 0 Å². The second-order valence-electron chi connectivity index (χ2n) is 5.42. The normalized spacial score (nSPS) is 23.3. The number of hydrogen-bond donors (Lipinski definition) is 0. The molecule has 0 N–H and O–H groups in total. The molecule has 0 aromatic heterocycles. The van der Waals surface area contributed by atoms with Crippen LogP contribution in [0.5, 0.6) is 0 Å². The first-order valence-corrected chi connectivity index (χ1v) is 6.51. The molecular weight excluding hydrogens is 250 g/mol. The summed E-state index contributed by atoms with van der Waals surface area (Å²) >= 11 is 0. The Hall–Kier alpha value is -1.30. The van der Waals surface area contributed by atoms with Gasteiger partial charge in [-0.15, -0.1) is 0 Å². The maximum absolute atomic E-state index is 12.2. The molecule has 19 heavy (non-hydrogen) atoms. The van der Waals surface area contributed by atoms with E-state index in [-0.39, 0.29) is 6.61 Å². The maximum Gasteiger partial charge on any atom is 0.413 e. The van der Waals surface area contributed by atoms with Crippen LogP contribution in [0.2, 0.25) is 0 Å². The quantitative estimate of drug-likeness (QED) is 0.735. The van der Waals surface area contributed by atoms with Gasteiger partial charge in [0.25, 0.3) is 0 Å². The number of carbonyl (C=O) groups excluding carboxylic acids is 2. The Morgan fingerprint density at radius 1 is 1.26 bits per heavy atom. The van der Waals surface area contributed by atoms with E-state index in [9.17, 15) is 9.59 Å². The summed E-state index contributed by atoms with van der Waals surface area (Å²) in [4.78, 5) is 25.4. The standard InChI is InChI=1S/C13H23NO5/c1-6-18-11(15)9-7-8-10(17-5)14(9)12(16)19-13(2,3)4/h9-10H,6-8H2,1-5H3/t9-,10-/m0/s1. The Bertz CT molecular complexity index is 336. The zero-order valence-corrected chi connectivity index (χ0v) is 12.3. The van der Waals surface area contributed by atoms with Crippen LogP contribution in [0.1, 0.15) is 40.5 Å². The molecule has 2 atom stereocenters. The molecular formula is C13H23NO5. The van der Waals surface area contributed by atoms with Crippen molar-refractivity contribution in [3.63, 3.8) is 0 Å². The molecule has 1 aliphatic rings. The van der Waals surface area contributed by atoms with Crippen LogP contribution in [0, 0.1) is 0 Å². The van der Waals surface area contributed by atoms with E-state index in [1.165, 1.54) is 12.0 Å². The average Bonchev–Trinajstić information content (AvgIpc) is 2.70. The molecule has 1 saturated heterocycles. The number of carbonyl (C=O) groups is 2.